The number of piperidine rings is 1. The number of fused-ring (bicyclic) bond motifs is 1. The Morgan fingerprint density at radius 2 is 1.77 bits per heavy atom. The first-order valence-corrected chi connectivity index (χ1v) is 10.0. The highest BCUT2D eigenvalue weighted by atomic mass is 35.5. The normalized spacial score (nSPS) is 19.3. The maximum atomic E-state index is 13.0. The van der Waals surface area contributed by atoms with Gasteiger partial charge in [0, 0.05) is 24.7 Å². The van der Waals surface area contributed by atoms with Gasteiger partial charge in [-0.2, -0.15) is 0 Å². The lowest BCUT2D eigenvalue weighted by Crippen LogP contribution is -2.45. The number of likely N-dealkylation sites (tertiary alicyclic amines) is 1. The van der Waals surface area contributed by atoms with Gasteiger partial charge >= 0.3 is 0 Å². The fourth-order valence-corrected chi connectivity index (χ4v) is 4.17. The maximum Gasteiger partial charge on any atom is 0.261 e. The molecule has 0 radical (unpaired) electrons. The summed E-state index contributed by atoms with van der Waals surface area (Å²) in [6, 6.07) is 14.1. The van der Waals surface area contributed by atoms with Crippen LogP contribution in [0.25, 0.3) is 0 Å². The molecular formula is C23H26ClN3O3. The quantitative estimate of drug-likeness (QED) is 0.760. The number of imide groups is 1. The minimum absolute atomic E-state index is 0. The zero-order valence-electron chi connectivity index (χ0n) is 16.9. The summed E-state index contributed by atoms with van der Waals surface area (Å²) in [6.07, 6.45) is 1.99. The van der Waals surface area contributed by atoms with Crippen LogP contribution in [-0.4, -0.2) is 46.7 Å². The lowest BCUT2D eigenvalue weighted by atomic mass is 9.92. The lowest BCUT2D eigenvalue weighted by molar-refractivity contribution is 0.0641. The van der Waals surface area contributed by atoms with E-state index >= 15 is 0 Å². The average Bonchev–Trinajstić information content (AvgIpc) is 2.98. The minimum Gasteiger partial charge on any atom is -0.338 e. The standard InChI is InChI=1S/C23H25N3O3.ClH/c1-15(24)18-8-5-11-25(14-18)21(27)17-7-4-6-16(12-17)13-26-22(28)19-9-2-3-10-20(19)23(26)29;/h2-4,6-7,9-10,12,15,18H,5,8,11,13-14,24H2,1H3;1H. The molecule has 3 amide bonds. The van der Waals surface area contributed by atoms with Crippen LogP contribution in [0.15, 0.2) is 48.5 Å². The van der Waals surface area contributed by atoms with Crippen LogP contribution in [0.5, 0.6) is 0 Å². The van der Waals surface area contributed by atoms with Crippen LogP contribution in [0.1, 0.15) is 56.4 Å². The number of nitrogens with zero attached hydrogens (tertiary/aromatic N) is 2. The molecule has 1 fully saturated rings. The molecule has 2 aliphatic heterocycles. The molecule has 4 rings (SSSR count). The Kier molecular flexibility index (Phi) is 6.58. The molecule has 6 nitrogen and oxygen atoms in total. The number of carbonyl (C=O) groups is 3. The molecule has 0 aromatic heterocycles. The van der Waals surface area contributed by atoms with E-state index in [4.69, 9.17) is 5.73 Å². The summed E-state index contributed by atoms with van der Waals surface area (Å²) in [5.74, 6) is -0.301. The zero-order valence-corrected chi connectivity index (χ0v) is 17.7. The van der Waals surface area contributed by atoms with Gasteiger partial charge in [0.2, 0.25) is 0 Å². The Bertz CT molecular complexity index is 941. The van der Waals surface area contributed by atoms with Gasteiger partial charge in [-0.05, 0) is 55.5 Å². The van der Waals surface area contributed by atoms with Gasteiger partial charge < -0.3 is 10.6 Å². The molecule has 158 valence electrons. The third-order valence-electron chi connectivity index (χ3n) is 5.88. The number of benzene rings is 2. The molecule has 1 saturated heterocycles. The summed E-state index contributed by atoms with van der Waals surface area (Å²) in [7, 11) is 0. The highest BCUT2D eigenvalue weighted by Crippen LogP contribution is 2.25. The summed E-state index contributed by atoms with van der Waals surface area (Å²) in [6.45, 7) is 3.53. The maximum absolute atomic E-state index is 13.0. The largest absolute Gasteiger partial charge is 0.338 e. The van der Waals surface area contributed by atoms with E-state index in [0.29, 0.717) is 29.2 Å². The van der Waals surface area contributed by atoms with E-state index in [-0.39, 0.29) is 42.7 Å². The lowest BCUT2D eigenvalue weighted by Gasteiger charge is -2.34. The zero-order chi connectivity index (χ0) is 20.5. The minimum atomic E-state index is -0.293. The number of halogens is 1. The molecule has 0 bridgehead atoms. The average molecular weight is 428 g/mol. The first-order chi connectivity index (χ1) is 14.0. The number of amides is 3. The molecule has 2 atom stereocenters. The number of nitrogens with two attached hydrogens (primary N) is 1. The van der Waals surface area contributed by atoms with E-state index in [1.165, 1.54) is 4.90 Å². The van der Waals surface area contributed by atoms with E-state index in [9.17, 15) is 14.4 Å². The number of hydrogen-bond donors (Lipinski definition) is 1. The molecular weight excluding hydrogens is 402 g/mol. The Hall–Kier alpha value is -2.70. The molecule has 2 aromatic rings. The van der Waals surface area contributed by atoms with Gasteiger partial charge in [0.15, 0.2) is 0 Å². The van der Waals surface area contributed by atoms with Crippen LogP contribution in [0.2, 0.25) is 0 Å². The molecule has 2 unspecified atom stereocenters. The summed E-state index contributed by atoms with van der Waals surface area (Å²) in [4.78, 5) is 41.3. The predicted molar refractivity (Wildman–Crippen MR) is 117 cm³/mol. The number of hydrogen-bond acceptors (Lipinski definition) is 4. The van der Waals surface area contributed by atoms with E-state index in [1.54, 1.807) is 42.5 Å². The fraction of sp³-hybridized carbons (Fsp3) is 0.348. The summed E-state index contributed by atoms with van der Waals surface area (Å²) >= 11 is 0. The van der Waals surface area contributed by atoms with Crippen molar-refractivity contribution < 1.29 is 14.4 Å². The van der Waals surface area contributed by atoms with Gasteiger partial charge in [-0.1, -0.05) is 24.3 Å². The highest BCUT2D eigenvalue weighted by Gasteiger charge is 2.35. The number of carbonyl (C=O) groups excluding carboxylic acids is 3. The molecule has 2 N–H and O–H groups in total. The van der Waals surface area contributed by atoms with Crippen molar-refractivity contribution in [2.75, 3.05) is 13.1 Å². The first kappa shape index (κ1) is 22.0. The second kappa shape index (κ2) is 8.98. The van der Waals surface area contributed by atoms with E-state index in [2.05, 4.69) is 0 Å². The van der Waals surface area contributed by atoms with E-state index < -0.39 is 0 Å². The van der Waals surface area contributed by atoms with Crippen molar-refractivity contribution in [3.8, 4) is 0 Å². The van der Waals surface area contributed by atoms with Crippen LogP contribution in [0.3, 0.4) is 0 Å². The highest BCUT2D eigenvalue weighted by molar-refractivity contribution is 6.21. The Balaban J connectivity index is 0.00000256. The summed E-state index contributed by atoms with van der Waals surface area (Å²) in [5, 5.41) is 0. The molecule has 0 spiro atoms. The van der Waals surface area contributed by atoms with Crippen LogP contribution in [0, 0.1) is 5.92 Å². The molecule has 2 aromatic carbocycles. The third kappa shape index (κ3) is 4.11. The van der Waals surface area contributed by atoms with Crippen molar-refractivity contribution in [2.24, 2.45) is 11.7 Å². The van der Waals surface area contributed by atoms with Crippen molar-refractivity contribution >= 4 is 30.1 Å². The van der Waals surface area contributed by atoms with Crippen molar-refractivity contribution in [2.45, 2.75) is 32.4 Å². The summed E-state index contributed by atoms with van der Waals surface area (Å²) < 4.78 is 0. The van der Waals surface area contributed by atoms with Gasteiger partial charge in [0.05, 0.1) is 17.7 Å². The van der Waals surface area contributed by atoms with Gasteiger partial charge in [-0.15, -0.1) is 12.4 Å². The van der Waals surface area contributed by atoms with Gasteiger partial charge in [0.25, 0.3) is 17.7 Å². The monoisotopic (exact) mass is 427 g/mol. The number of rotatable bonds is 4. The van der Waals surface area contributed by atoms with Crippen molar-refractivity contribution in [3.05, 3.63) is 70.8 Å². The van der Waals surface area contributed by atoms with Crippen LogP contribution in [-0.2, 0) is 6.54 Å². The van der Waals surface area contributed by atoms with Gasteiger partial charge in [-0.25, -0.2) is 0 Å². The Morgan fingerprint density at radius 1 is 1.10 bits per heavy atom. The van der Waals surface area contributed by atoms with Gasteiger partial charge in [-0.3, -0.25) is 19.3 Å². The van der Waals surface area contributed by atoms with Crippen molar-refractivity contribution in [1.29, 1.82) is 0 Å². The predicted octanol–water partition coefficient (Wildman–Crippen LogP) is 3.10. The first-order valence-electron chi connectivity index (χ1n) is 10.0. The molecule has 2 aliphatic rings. The van der Waals surface area contributed by atoms with Crippen LogP contribution < -0.4 is 5.73 Å². The Labute approximate surface area is 182 Å². The van der Waals surface area contributed by atoms with E-state index in [1.807, 2.05) is 17.9 Å². The topological polar surface area (TPSA) is 83.7 Å². The van der Waals surface area contributed by atoms with Gasteiger partial charge in [0.1, 0.15) is 0 Å². The molecule has 30 heavy (non-hydrogen) atoms. The van der Waals surface area contributed by atoms with Crippen molar-refractivity contribution in [3.63, 3.8) is 0 Å². The summed E-state index contributed by atoms with van der Waals surface area (Å²) in [5.41, 5.74) is 8.23. The van der Waals surface area contributed by atoms with E-state index in [0.717, 1.165) is 24.9 Å². The molecule has 7 heteroatoms. The smallest absolute Gasteiger partial charge is 0.261 e. The Morgan fingerprint density at radius 3 is 2.40 bits per heavy atom. The fourth-order valence-electron chi connectivity index (χ4n) is 4.17. The SMILES string of the molecule is CC(N)C1CCCN(C(=O)c2cccc(CN3C(=O)c4ccccc4C3=O)c2)C1.Cl. The van der Waals surface area contributed by atoms with Crippen LogP contribution >= 0.6 is 12.4 Å². The molecule has 2 heterocycles. The van der Waals surface area contributed by atoms with Crippen LogP contribution in [0.4, 0.5) is 0 Å². The third-order valence-corrected chi connectivity index (χ3v) is 5.88. The molecule has 0 saturated carbocycles. The second-order valence-electron chi connectivity index (χ2n) is 7.96. The second-order valence-corrected chi connectivity index (χ2v) is 7.96. The van der Waals surface area contributed by atoms with Crippen molar-refractivity contribution in [1.82, 2.24) is 9.80 Å². The molecule has 0 aliphatic carbocycles.